The molecule has 27 heavy (non-hydrogen) atoms. The Labute approximate surface area is 152 Å². The van der Waals surface area contributed by atoms with Gasteiger partial charge in [-0.3, -0.25) is 4.79 Å². The molecule has 0 radical (unpaired) electrons. The molecule has 1 aromatic heterocycles. The van der Waals surface area contributed by atoms with Crippen LogP contribution >= 0.6 is 0 Å². The van der Waals surface area contributed by atoms with Crippen LogP contribution in [0, 0.1) is 6.92 Å². The van der Waals surface area contributed by atoms with E-state index in [0.717, 1.165) is 23.1 Å². The normalized spacial score (nSPS) is 12.8. The summed E-state index contributed by atoms with van der Waals surface area (Å²) in [6, 6.07) is 11.9. The van der Waals surface area contributed by atoms with Gasteiger partial charge in [0.25, 0.3) is 5.91 Å². The molecule has 0 aliphatic carbocycles. The summed E-state index contributed by atoms with van der Waals surface area (Å²) in [5.74, 6) is -0.781. The minimum atomic E-state index is -4.78. The van der Waals surface area contributed by atoms with E-state index in [2.05, 4.69) is 10.1 Å². The lowest BCUT2D eigenvalue weighted by Gasteiger charge is -2.13. The fourth-order valence-electron chi connectivity index (χ4n) is 2.56. The summed E-state index contributed by atoms with van der Waals surface area (Å²) in [6.07, 6.45) is -5.88. The van der Waals surface area contributed by atoms with Gasteiger partial charge in [0.2, 0.25) is 0 Å². The molecule has 2 aromatic carbocycles. The van der Waals surface area contributed by atoms with Gasteiger partial charge in [0.05, 0.1) is 6.10 Å². The Morgan fingerprint density at radius 3 is 2.56 bits per heavy atom. The highest BCUT2D eigenvalue weighted by Crippen LogP contribution is 2.24. The van der Waals surface area contributed by atoms with Gasteiger partial charge in [-0.05, 0) is 42.8 Å². The standard InChI is InChI=1S/C19H16F3NO4/c1-11-2-7-16-13(8-11)9-17(26-16)18(25)23-10-15(24)12-3-5-14(6-4-12)27-19(20,21)22/h2-9,15,24H,10H2,1H3,(H,23,25). The first-order valence-corrected chi connectivity index (χ1v) is 8.03. The maximum absolute atomic E-state index is 12.2. The average Bonchev–Trinajstić information content (AvgIpc) is 3.01. The molecule has 0 aliphatic rings. The zero-order chi connectivity index (χ0) is 19.6. The summed E-state index contributed by atoms with van der Waals surface area (Å²) < 4.78 is 45.7. The quantitative estimate of drug-likeness (QED) is 0.700. The Bertz CT molecular complexity index is 948. The minimum Gasteiger partial charge on any atom is -0.451 e. The number of ether oxygens (including phenoxy) is 1. The lowest BCUT2D eigenvalue weighted by Crippen LogP contribution is -2.28. The van der Waals surface area contributed by atoms with E-state index in [1.165, 1.54) is 12.1 Å². The number of rotatable bonds is 5. The van der Waals surface area contributed by atoms with Gasteiger partial charge >= 0.3 is 6.36 Å². The van der Waals surface area contributed by atoms with Crippen LogP contribution in [0.5, 0.6) is 5.75 Å². The second-order valence-electron chi connectivity index (χ2n) is 5.99. The van der Waals surface area contributed by atoms with Gasteiger partial charge in [-0.2, -0.15) is 0 Å². The first kappa shape index (κ1) is 18.8. The molecule has 2 N–H and O–H groups in total. The van der Waals surface area contributed by atoms with Crippen molar-refractivity contribution < 1.29 is 32.2 Å². The molecule has 1 unspecified atom stereocenters. The maximum Gasteiger partial charge on any atom is 0.573 e. The summed E-state index contributed by atoms with van der Waals surface area (Å²) in [4.78, 5) is 12.2. The highest BCUT2D eigenvalue weighted by molar-refractivity contribution is 5.96. The van der Waals surface area contributed by atoms with E-state index in [1.807, 2.05) is 19.1 Å². The first-order valence-electron chi connectivity index (χ1n) is 8.03. The van der Waals surface area contributed by atoms with Gasteiger partial charge in [-0.1, -0.05) is 23.8 Å². The smallest absolute Gasteiger partial charge is 0.451 e. The first-order chi connectivity index (χ1) is 12.7. The molecule has 1 heterocycles. The number of carbonyl (C=O) groups excluding carboxylic acids is 1. The van der Waals surface area contributed by atoms with Crippen molar-refractivity contribution in [3.63, 3.8) is 0 Å². The van der Waals surface area contributed by atoms with Crippen LogP contribution in [0.15, 0.2) is 52.9 Å². The van der Waals surface area contributed by atoms with Crippen LogP contribution in [0.1, 0.15) is 27.8 Å². The highest BCUT2D eigenvalue weighted by Gasteiger charge is 2.31. The molecule has 0 saturated carbocycles. The number of aliphatic hydroxyl groups is 1. The van der Waals surface area contributed by atoms with E-state index < -0.39 is 18.4 Å². The number of fused-ring (bicyclic) bond motifs is 1. The molecule has 3 rings (SSSR count). The van der Waals surface area contributed by atoms with E-state index in [-0.39, 0.29) is 18.1 Å². The minimum absolute atomic E-state index is 0.108. The van der Waals surface area contributed by atoms with Gasteiger partial charge in [0, 0.05) is 11.9 Å². The van der Waals surface area contributed by atoms with Crippen molar-refractivity contribution in [2.75, 3.05) is 6.54 Å². The number of alkyl halides is 3. The van der Waals surface area contributed by atoms with Gasteiger partial charge in [0.15, 0.2) is 5.76 Å². The highest BCUT2D eigenvalue weighted by atomic mass is 19.4. The van der Waals surface area contributed by atoms with Crippen molar-refractivity contribution in [1.29, 1.82) is 0 Å². The van der Waals surface area contributed by atoms with E-state index in [4.69, 9.17) is 4.42 Å². The molecule has 1 atom stereocenters. The van der Waals surface area contributed by atoms with E-state index in [0.29, 0.717) is 11.1 Å². The van der Waals surface area contributed by atoms with Crippen LogP contribution in [-0.4, -0.2) is 23.9 Å². The summed E-state index contributed by atoms with van der Waals surface area (Å²) in [7, 11) is 0. The predicted octanol–water partition coefficient (Wildman–Crippen LogP) is 4.10. The number of carbonyl (C=O) groups is 1. The number of hydrogen-bond acceptors (Lipinski definition) is 4. The van der Waals surface area contributed by atoms with Crippen LogP contribution in [0.4, 0.5) is 13.2 Å². The van der Waals surface area contributed by atoms with Gasteiger partial charge in [-0.15, -0.1) is 13.2 Å². The fraction of sp³-hybridized carbons (Fsp3) is 0.211. The molecule has 5 nitrogen and oxygen atoms in total. The summed E-state index contributed by atoms with van der Waals surface area (Å²) in [6.45, 7) is 1.79. The third kappa shape index (κ3) is 4.79. The lowest BCUT2D eigenvalue weighted by atomic mass is 10.1. The molecule has 0 aliphatic heterocycles. The van der Waals surface area contributed by atoms with Crippen molar-refractivity contribution in [3.05, 3.63) is 65.4 Å². The SMILES string of the molecule is Cc1ccc2oc(C(=O)NCC(O)c3ccc(OC(F)(F)F)cc3)cc2c1. The second kappa shape index (κ2) is 7.32. The zero-order valence-corrected chi connectivity index (χ0v) is 14.2. The Hall–Kier alpha value is -3.00. The predicted molar refractivity (Wildman–Crippen MR) is 91.4 cm³/mol. The zero-order valence-electron chi connectivity index (χ0n) is 14.2. The third-order valence-electron chi connectivity index (χ3n) is 3.85. The Kier molecular flexibility index (Phi) is 5.09. The summed E-state index contributed by atoms with van der Waals surface area (Å²) in [5.41, 5.74) is 1.94. The number of aryl methyl sites for hydroxylation is 1. The monoisotopic (exact) mass is 379 g/mol. The number of nitrogens with one attached hydrogen (secondary N) is 1. The number of hydrogen-bond donors (Lipinski definition) is 2. The maximum atomic E-state index is 12.2. The molecule has 8 heteroatoms. The Morgan fingerprint density at radius 2 is 1.89 bits per heavy atom. The number of aliphatic hydroxyl groups excluding tert-OH is 1. The Balaban J connectivity index is 1.60. The Morgan fingerprint density at radius 1 is 1.19 bits per heavy atom. The fourth-order valence-corrected chi connectivity index (χ4v) is 2.56. The second-order valence-corrected chi connectivity index (χ2v) is 5.99. The van der Waals surface area contributed by atoms with Crippen molar-refractivity contribution in [1.82, 2.24) is 5.32 Å². The number of benzene rings is 2. The van der Waals surface area contributed by atoms with E-state index in [9.17, 15) is 23.1 Å². The van der Waals surface area contributed by atoms with Crippen LogP contribution in [0.25, 0.3) is 11.0 Å². The number of halogens is 3. The van der Waals surface area contributed by atoms with Gasteiger partial charge < -0.3 is 19.6 Å². The number of amides is 1. The largest absolute Gasteiger partial charge is 0.573 e. The number of furan rings is 1. The summed E-state index contributed by atoms with van der Waals surface area (Å²) >= 11 is 0. The van der Waals surface area contributed by atoms with E-state index >= 15 is 0 Å². The van der Waals surface area contributed by atoms with Crippen molar-refractivity contribution in [3.8, 4) is 5.75 Å². The van der Waals surface area contributed by atoms with Crippen LogP contribution in [0.3, 0.4) is 0 Å². The molecule has 1 amide bonds. The van der Waals surface area contributed by atoms with Crippen LogP contribution < -0.4 is 10.1 Å². The molecular weight excluding hydrogens is 363 g/mol. The van der Waals surface area contributed by atoms with Crippen LogP contribution in [0.2, 0.25) is 0 Å². The van der Waals surface area contributed by atoms with E-state index in [1.54, 1.807) is 12.1 Å². The van der Waals surface area contributed by atoms with Gasteiger partial charge in [-0.25, -0.2) is 0 Å². The topological polar surface area (TPSA) is 71.7 Å². The van der Waals surface area contributed by atoms with Crippen molar-refractivity contribution in [2.24, 2.45) is 0 Å². The lowest BCUT2D eigenvalue weighted by molar-refractivity contribution is -0.274. The molecule has 142 valence electrons. The average molecular weight is 379 g/mol. The molecular formula is C19H16F3NO4. The molecule has 0 bridgehead atoms. The molecule has 0 fully saturated rings. The van der Waals surface area contributed by atoms with Crippen LogP contribution in [-0.2, 0) is 0 Å². The molecule has 3 aromatic rings. The third-order valence-corrected chi connectivity index (χ3v) is 3.85. The summed E-state index contributed by atoms with van der Waals surface area (Å²) in [5, 5.41) is 13.4. The van der Waals surface area contributed by atoms with Gasteiger partial charge in [0.1, 0.15) is 11.3 Å². The molecule has 0 saturated heterocycles. The van der Waals surface area contributed by atoms with Crippen molar-refractivity contribution in [2.45, 2.75) is 19.4 Å². The molecule has 0 spiro atoms. The van der Waals surface area contributed by atoms with Crippen molar-refractivity contribution >= 4 is 16.9 Å².